The summed E-state index contributed by atoms with van der Waals surface area (Å²) in [6, 6.07) is 16.8. The number of nitrogens with one attached hydrogen (secondary N) is 1. The van der Waals surface area contributed by atoms with Gasteiger partial charge in [0.1, 0.15) is 8.07 Å². The van der Waals surface area contributed by atoms with E-state index in [0.29, 0.717) is 11.3 Å². The Morgan fingerprint density at radius 3 is 2.28 bits per heavy atom. The van der Waals surface area contributed by atoms with E-state index in [1.807, 2.05) is 42.5 Å². The van der Waals surface area contributed by atoms with E-state index in [1.54, 1.807) is 30.9 Å². The molecular weight excluding hydrogens is 474 g/mol. The molecule has 0 bridgehead atoms. The van der Waals surface area contributed by atoms with Crippen LogP contribution in [-0.2, 0) is 26.4 Å². The van der Waals surface area contributed by atoms with Crippen molar-refractivity contribution < 1.29 is 23.9 Å². The number of hydrogen-bond acceptors (Lipinski definition) is 5. The standard InChI is InChI=1S/C27H33N3O5Si/c1-6-34-25(32)28-30(26(33)35-7-2)27(18-13-19-36(3,4)5)22-16-11-12-17-23(22)29(24(27)31)20-21-14-9-8-10-15-21/h8-12,14-17H,6-7,18,20H2,1-5H3,(H,28,32)/t27-/m0/s1. The van der Waals surface area contributed by atoms with Crippen LogP contribution in [0.4, 0.5) is 15.3 Å². The number of nitrogens with zero attached hydrogens (tertiary/aromatic N) is 2. The monoisotopic (exact) mass is 507 g/mol. The molecule has 0 aliphatic carbocycles. The Morgan fingerprint density at radius 2 is 1.64 bits per heavy atom. The van der Waals surface area contributed by atoms with E-state index in [2.05, 4.69) is 36.5 Å². The fourth-order valence-electron chi connectivity index (χ4n) is 4.07. The van der Waals surface area contributed by atoms with Crippen molar-refractivity contribution in [2.45, 2.75) is 52.0 Å². The first-order valence-corrected chi connectivity index (χ1v) is 15.5. The van der Waals surface area contributed by atoms with Gasteiger partial charge in [0.25, 0.3) is 5.91 Å². The second-order valence-electron chi connectivity index (χ2n) is 9.35. The van der Waals surface area contributed by atoms with Gasteiger partial charge in [0.2, 0.25) is 0 Å². The molecule has 36 heavy (non-hydrogen) atoms. The molecule has 0 spiro atoms. The first-order valence-electron chi connectivity index (χ1n) is 12.0. The summed E-state index contributed by atoms with van der Waals surface area (Å²) in [5, 5.41) is 0.958. The third-order valence-corrected chi connectivity index (χ3v) is 6.47. The smallest absolute Gasteiger partial charge is 0.430 e. The predicted octanol–water partition coefficient (Wildman–Crippen LogP) is 4.82. The molecule has 9 heteroatoms. The molecule has 8 nitrogen and oxygen atoms in total. The number of hydrazine groups is 1. The predicted molar refractivity (Wildman–Crippen MR) is 141 cm³/mol. The van der Waals surface area contributed by atoms with Crippen molar-refractivity contribution in [3.05, 3.63) is 65.7 Å². The minimum atomic E-state index is -1.81. The van der Waals surface area contributed by atoms with E-state index >= 15 is 0 Å². The second kappa shape index (κ2) is 11.3. The number of hydrogen-bond donors (Lipinski definition) is 1. The lowest BCUT2D eigenvalue weighted by atomic mass is 9.87. The maximum absolute atomic E-state index is 14.4. The van der Waals surface area contributed by atoms with Gasteiger partial charge >= 0.3 is 12.2 Å². The van der Waals surface area contributed by atoms with E-state index in [-0.39, 0.29) is 32.1 Å². The molecule has 0 radical (unpaired) electrons. The first kappa shape index (κ1) is 26.8. The Hall–Kier alpha value is -3.77. The van der Waals surface area contributed by atoms with E-state index in [0.717, 1.165) is 10.6 Å². The minimum Gasteiger partial charge on any atom is -0.449 e. The molecule has 3 amide bonds. The van der Waals surface area contributed by atoms with Crippen LogP contribution in [0.25, 0.3) is 0 Å². The van der Waals surface area contributed by atoms with Crippen LogP contribution in [0, 0.1) is 11.5 Å². The summed E-state index contributed by atoms with van der Waals surface area (Å²) in [5.41, 5.74) is 6.25. The van der Waals surface area contributed by atoms with Crippen LogP contribution in [0.1, 0.15) is 31.4 Å². The Balaban J connectivity index is 2.21. The van der Waals surface area contributed by atoms with E-state index < -0.39 is 25.8 Å². The highest BCUT2D eigenvalue weighted by atomic mass is 28.3. The SMILES string of the molecule is CCOC(=O)NN(C(=O)OCC)[C@]1(CC#C[Si](C)(C)C)C(=O)N(Cc2ccccc2)c2ccccc21. The number of rotatable bonds is 6. The third-order valence-electron chi connectivity index (χ3n) is 5.54. The lowest BCUT2D eigenvalue weighted by molar-refractivity contribution is -0.131. The molecule has 2 aromatic rings. The van der Waals surface area contributed by atoms with Crippen LogP contribution in [-0.4, -0.2) is 44.4 Å². The van der Waals surface area contributed by atoms with Crippen molar-refractivity contribution in [1.82, 2.24) is 10.4 Å². The van der Waals surface area contributed by atoms with E-state index in [9.17, 15) is 14.4 Å². The van der Waals surface area contributed by atoms with Crippen LogP contribution in [0.3, 0.4) is 0 Å². The number of amides is 3. The Bertz CT molecular complexity index is 1170. The highest BCUT2D eigenvalue weighted by Crippen LogP contribution is 2.46. The Labute approximate surface area is 213 Å². The molecule has 1 aliphatic heterocycles. The highest BCUT2D eigenvalue weighted by Gasteiger charge is 2.57. The fraction of sp³-hybridized carbons (Fsp3) is 0.370. The molecule has 1 atom stereocenters. The lowest BCUT2D eigenvalue weighted by Gasteiger charge is -2.37. The van der Waals surface area contributed by atoms with Gasteiger partial charge < -0.3 is 14.4 Å². The molecule has 1 N–H and O–H groups in total. The van der Waals surface area contributed by atoms with Crippen LogP contribution >= 0.6 is 0 Å². The maximum Gasteiger partial charge on any atom is 0.430 e. The molecule has 0 aromatic heterocycles. The molecule has 2 aromatic carbocycles. The molecular formula is C27H33N3O5Si. The number of carbonyl (C=O) groups is 3. The van der Waals surface area contributed by atoms with Gasteiger partial charge in [-0.05, 0) is 25.5 Å². The zero-order chi connectivity index (χ0) is 26.3. The molecule has 1 aliphatic rings. The van der Waals surface area contributed by atoms with Crippen molar-refractivity contribution in [3.63, 3.8) is 0 Å². The van der Waals surface area contributed by atoms with E-state index in [4.69, 9.17) is 9.47 Å². The quantitative estimate of drug-likeness (QED) is 0.344. The van der Waals surface area contributed by atoms with Gasteiger partial charge in [-0.15, -0.1) is 11.5 Å². The van der Waals surface area contributed by atoms with Crippen molar-refractivity contribution in [2.24, 2.45) is 0 Å². The summed E-state index contributed by atoms with van der Waals surface area (Å²) >= 11 is 0. The van der Waals surface area contributed by atoms with Gasteiger partial charge in [-0.1, -0.05) is 68.2 Å². The molecule has 3 rings (SSSR count). The summed E-state index contributed by atoms with van der Waals surface area (Å²) in [4.78, 5) is 41.8. The van der Waals surface area contributed by atoms with Crippen LogP contribution < -0.4 is 10.3 Å². The van der Waals surface area contributed by atoms with Gasteiger partial charge in [-0.3, -0.25) is 4.79 Å². The number of anilines is 1. The molecule has 190 valence electrons. The number of benzene rings is 2. The molecule has 0 saturated carbocycles. The molecule has 0 fully saturated rings. The third kappa shape index (κ3) is 5.71. The van der Waals surface area contributed by atoms with Crippen molar-refractivity contribution >= 4 is 31.9 Å². The number of fused-ring (bicyclic) bond motifs is 1. The molecule has 0 saturated heterocycles. The minimum absolute atomic E-state index is 0.0242. The zero-order valence-corrected chi connectivity index (χ0v) is 22.5. The van der Waals surface area contributed by atoms with Gasteiger partial charge in [-0.2, -0.15) is 5.01 Å². The van der Waals surface area contributed by atoms with Crippen molar-refractivity contribution in [1.29, 1.82) is 0 Å². The van der Waals surface area contributed by atoms with Crippen molar-refractivity contribution in [3.8, 4) is 11.5 Å². The topological polar surface area (TPSA) is 88.2 Å². The fourth-order valence-corrected chi connectivity index (χ4v) is 4.69. The van der Waals surface area contributed by atoms with Gasteiger partial charge in [0.15, 0.2) is 5.54 Å². The summed E-state index contributed by atoms with van der Waals surface area (Å²) in [5.74, 6) is 2.78. The summed E-state index contributed by atoms with van der Waals surface area (Å²) in [6.07, 6.45) is -1.76. The Morgan fingerprint density at radius 1 is 1.00 bits per heavy atom. The largest absolute Gasteiger partial charge is 0.449 e. The highest BCUT2D eigenvalue weighted by molar-refractivity contribution is 6.83. The number of ether oxygens (including phenoxy) is 2. The van der Waals surface area contributed by atoms with Crippen LogP contribution in [0.2, 0.25) is 19.6 Å². The number of para-hydroxylation sites is 1. The van der Waals surface area contributed by atoms with Gasteiger partial charge in [-0.25, -0.2) is 15.0 Å². The lowest BCUT2D eigenvalue weighted by Crippen LogP contribution is -2.62. The second-order valence-corrected chi connectivity index (χ2v) is 14.1. The first-order chi connectivity index (χ1) is 17.1. The summed E-state index contributed by atoms with van der Waals surface area (Å²) < 4.78 is 10.3. The normalized spacial score (nSPS) is 16.5. The zero-order valence-electron chi connectivity index (χ0n) is 21.5. The van der Waals surface area contributed by atoms with E-state index in [1.165, 1.54) is 0 Å². The van der Waals surface area contributed by atoms with Gasteiger partial charge in [0, 0.05) is 12.0 Å². The Kier molecular flexibility index (Phi) is 8.43. The van der Waals surface area contributed by atoms with Gasteiger partial charge in [0.05, 0.1) is 25.4 Å². The average Bonchev–Trinajstić information content (AvgIpc) is 3.06. The van der Waals surface area contributed by atoms with Crippen LogP contribution in [0.15, 0.2) is 54.6 Å². The average molecular weight is 508 g/mol. The summed E-state index contributed by atoms with van der Waals surface area (Å²) in [6.45, 7) is 10.0. The number of carbonyl (C=O) groups excluding carboxylic acids is 3. The maximum atomic E-state index is 14.4. The van der Waals surface area contributed by atoms with Crippen LogP contribution in [0.5, 0.6) is 0 Å². The summed E-state index contributed by atoms with van der Waals surface area (Å²) in [7, 11) is -1.81. The van der Waals surface area contributed by atoms with Crippen molar-refractivity contribution in [2.75, 3.05) is 18.1 Å². The molecule has 1 heterocycles. The molecule has 0 unspecified atom stereocenters.